The van der Waals surface area contributed by atoms with Gasteiger partial charge in [-0.1, -0.05) is 0 Å². The Kier molecular flexibility index (Phi) is 3.11. The van der Waals surface area contributed by atoms with Gasteiger partial charge in [0.25, 0.3) is 0 Å². The average molecular weight is 267 g/mol. The highest BCUT2D eigenvalue weighted by Crippen LogP contribution is 2.09. The standard InChI is InChI=1S/C10H11BrN4/c1-2-15-4-3-12-10(15)6-8-5-9(11)14-7-13-8/h3-5,7H,2,6H2,1H3. The van der Waals surface area contributed by atoms with Gasteiger partial charge in [0.2, 0.25) is 0 Å². The Morgan fingerprint density at radius 2 is 2.20 bits per heavy atom. The summed E-state index contributed by atoms with van der Waals surface area (Å²) in [4.78, 5) is 12.5. The average Bonchev–Trinajstić information content (AvgIpc) is 2.65. The summed E-state index contributed by atoms with van der Waals surface area (Å²) >= 11 is 3.32. The molecule has 0 amide bonds. The van der Waals surface area contributed by atoms with E-state index in [0.29, 0.717) is 0 Å². The van der Waals surface area contributed by atoms with Crippen molar-refractivity contribution in [1.82, 2.24) is 19.5 Å². The summed E-state index contributed by atoms with van der Waals surface area (Å²) < 4.78 is 2.91. The van der Waals surface area contributed by atoms with Crippen LogP contribution in [0.3, 0.4) is 0 Å². The molecule has 0 saturated heterocycles. The monoisotopic (exact) mass is 266 g/mol. The van der Waals surface area contributed by atoms with Gasteiger partial charge in [-0.3, -0.25) is 0 Å². The van der Waals surface area contributed by atoms with Crippen molar-refractivity contribution in [3.05, 3.63) is 40.9 Å². The highest BCUT2D eigenvalue weighted by atomic mass is 79.9. The summed E-state index contributed by atoms with van der Waals surface area (Å²) in [6, 6.07) is 1.91. The van der Waals surface area contributed by atoms with Crippen molar-refractivity contribution in [1.29, 1.82) is 0 Å². The fourth-order valence-electron chi connectivity index (χ4n) is 1.42. The number of aromatic nitrogens is 4. The van der Waals surface area contributed by atoms with E-state index in [9.17, 15) is 0 Å². The van der Waals surface area contributed by atoms with Crippen molar-refractivity contribution in [2.45, 2.75) is 19.9 Å². The first-order valence-corrected chi connectivity index (χ1v) is 5.55. The molecule has 0 aromatic carbocycles. The summed E-state index contributed by atoms with van der Waals surface area (Å²) in [7, 11) is 0. The molecule has 2 heterocycles. The zero-order chi connectivity index (χ0) is 10.7. The van der Waals surface area contributed by atoms with Crippen LogP contribution in [0, 0.1) is 0 Å². The first-order valence-electron chi connectivity index (χ1n) is 4.76. The van der Waals surface area contributed by atoms with Crippen molar-refractivity contribution in [2.24, 2.45) is 0 Å². The maximum atomic E-state index is 4.30. The Hall–Kier alpha value is -1.23. The predicted molar refractivity (Wildman–Crippen MR) is 60.4 cm³/mol. The van der Waals surface area contributed by atoms with Crippen LogP contribution in [0.25, 0.3) is 0 Å². The van der Waals surface area contributed by atoms with Crippen LogP contribution in [0.5, 0.6) is 0 Å². The summed E-state index contributed by atoms with van der Waals surface area (Å²) in [5.41, 5.74) is 0.970. The number of aryl methyl sites for hydroxylation is 1. The fourth-order valence-corrected chi connectivity index (χ4v) is 1.78. The van der Waals surface area contributed by atoms with E-state index in [2.05, 4.69) is 42.4 Å². The Bertz CT molecular complexity index is 452. The van der Waals surface area contributed by atoms with Crippen molar-refractivity contribution in [3.8, 4) is 0 Å². The molecule has 0 spiro atoms. The molecule has 2 aromatic heterocycles. The number of hydrogen-bond donors (Lipinski definition) is 0. The number of imidazole rings is 1. The van der Waals surface area contributed by atoms with Gasteiger partial charge in [-0.25, -0.2) is 15.0 Å². The van der Waals surface area contributed by atoms with Gasteiger partial charge in [0.15, 0.2) is 0 Å². The molecule has 5 heteroatoms. The van der Waals surface area contributed by atoms with Crippen LogP contribution >= 0.6 is 15.9 Å². The Balaban J connectivity index is 2.22. The van der Waals surface area contributed by atoms with Crippen molar-refractivity contribution < 1.29 is 0 Å². The Labute approximate surface area is 96.5 Å². The van der Waals surface area contributed by atoms with Crippen molar-refractivity contribution in [3.63, 3.8) is 0 Å². The van der Waals surface area contributed by atoms with Crippen LogP contribution in [0.1, 0.15) is 18.4 Å². The van der Waals surface area contributed by atoms with Crippen LogP contribution in [-0.4, -0.2) is 19.5 Å². The van der Waals surface area contributed by atoms with E-state index in [1.54, 1.807) is 6.33 Å². The lowest BCUT2D eigenvalue weighted by atomic mass is 10.3. The summed E-state index contributed by atoms with van der Waals surface area (Å²) in [6.45, 7) is 3.03. The first kappa shape index (κ1) is 10.3. The van der Waals surface area contributed by atoms with Gasteiger partial charge < -0.3 is 4.57 Å². The first-order chi connectivity index (χ1) is 7.29. The van der Waals surface area contributed by atoms with E-state index in [-0.39, 0.29) is 0 Å². The van der Waals surface area contributed by atoms with E-state index in [1.807, 2.05) is 18.5 Å². The predicted octanol–water partition coefficient (Wildman–Crippen LogP) is 2.05. The molecule has 0 unspecified atom stereocenters. The molecule has 0 aliphatic rings. The molecule has 0 aliphatic carbocycles. The van der Waals surface area contributed by atoms with E-state index in [4.69, 9.17) is 0 Å². The normalized spacial score (nSPS) is 10.5. The number of hydrogen-bond acceptors (Lipinski definition) is 3. The van der Waals surface area contributed by atoms with Gasteiger partial charge in [-0.15, -0.1) is 0 Å². The van der Waals surface area contributed by atoms with Crippen LogP contribution in [-0.2, 0) is 13.0 Å². The van der Waals surface area contributed by atoms with Crippen LogP contribution in [0.4, 0.5) is 0 Å². The molecule has 0 aliphatic heterocycles. The quantitative estimate of drug-likeness (QED) is 0.799. The molecule has 0 fully saturated rings. The third kappa shape index (κ3) is 2.41. The van der Waals surface area contributed by atoms with E-state index in [1.165, 1.54) is 0 Å². The largest absolute Gasteiger partial charge is 0.335 e. The van der Waals surface area contributed by atoms with Crippen LogP contribution in [0.2, 0.25) is 0 Å². The van der Waals surface area contributed by atoms with Gasteiger partial charge in [0.1, 0.15) is 16.8 Å². The van der Waals surface area contributed by atoms with Gasteiger partial charge in [0, 0.05) is 25.4 Å². The summed E-state index contributed by atoms with van der Waals surface area (Å²) in [5, 5.41) is 0. The second-order valence-corrected chi connectivity index (χ2v) is 3.95. The SMILES string of the molecule is CCn1ccnc1Cc1cc(Br)ncn1. The lowest BCUT2D eigenvalue weighted by Crippen LogP contribution is -2.03. The lowest BCUT2D eigenvalue weighted by Gasteiger charge is -2.03. The molecule has 0 bridgehead atoms. The third-order valence-corrected chi connectivity index (χ3v) is 2.61. The molecule has 78 valence electrons. The molecule has 0 N–H and O–H groups in total. The second-order valence-electron chi connectivity index (χ2n) is 3.14. The van der Waals surface area contributed by atoms with Gasteiger partial charge in [0.05, 0.1) is 5.69 Å². The topological polar surface area (TPSA) is 43.6 Å². The van der Waals surface area contributed by atoms with Gasteiger partial charge in [-0.05, 0) is 28.9 Å². The molecule has 15 heavy (non-hydrogen) atoms. The van der Waals surface area contributed by atoms with Gasteiger partial charge in [-0.2, -0.15) is 0 Å². The van der Waals surface area contributed by atoms with E-state index in [0.717, 1.165) is 29.1 Å². The molecule has 0 saturated carbocycles. The minimum absolute atomic E-state index is 0.738. The van der Waals surface area contributed by atoms with E-state index < -0.39 is 0 Å². The molecule has 2 rings (SSSR count). The molecular weight excluding hydrogens is 256 g/mol. The third-order valence-electron chi connectivity index (χ3n) is 2.17. The lowest BCUT2D eigenvalue weighted by molar-refractivity contribution is 0.707. The molecular formula is C10H11BrN4. The zero-order valence-corrected chi connectivity index (χ0v) is 9.98. The maximum absolute atomic E-state index is 4.30. The molecule has 4 nitrogen and oxygen atoms in total. The molecule has 0 atom stereocenters. The summed E-state index contributed by atoms with van der Waals surface area (Å²) in [6.07, 6.45) is 6.08. The van der Waals surface area contributed by atoms with Crippen molar-refractivity contribution in [2.75, 3.05) is 0 Å². The maximum Gasteiger partial charge on any atom is 0.116 e. The molecule has 2 aromatic rings. The molecule has 0 radical (unpaired) electrons. The van der Waals surface area contributed by atoms with Crippen LogP contribution < -0.4 is 0 Å². The minimum atomic E-state index is 0.738. The Morgan fingerprint density at radius 1 is 1.33 bits per heavy atom. The smallest absolute Gasteiger partial charge is 0.116 e. The van der Waals surface area contributed by atoms with Gasteiger partial charge >= 0.3 is 0 Å². The minimum Gasteiger partial charge on any atom is -0.335 e. The van der Waals surface area contributed by atoms with Crippen molar-refractivity contribution >= 4 is 15.9 Å². The highest BCUT2D eigenvalue weighted by Gasteiger charge is 2.04. The fraction of sp³-hybridized carbons (Fsp3) is 0.300. The number of rotatable bonds is 3. The van der Waals surface area contributed by atoms with E-state index >= 15 is 0 Å². The van der Waals surface area contributed by atoms with Crippen LogP contribution in [0.15, 0.2) is 29.4 Å². The highest BCUT2D eigenvalue weighted by molar-refractivity contribution is 9.10. The number of halogens is 1. The zero-order valence-electron chi connectivity index (χ0n) is 8.39. The second kappa shape index (κ2) is 4.53. The Morgan fingerprint density at radius 3 is 2.93 bits per heavy atom. The summed E-state index contributed by atoms with van der Waals surface area (Å²) in [5.74, 6) is 1.03. The number of nitrogens with zero attached hydrogens (tertiary/aromatic N) is 4.